The minimum atomic E-state index is -0.696. The Labute approximate surface area is 67.7 Å². The van der Waals surface area contributed by atoms with Gasteiger partial charge in [-0.2, -0.15) is 4.57 Å². The summed E-state index contributed by atoms with van der Waals surface area (Å²) < 4.78 is 0.565. The Kier molecular flexibility index (Phi) is 1.95. The molecule has 1 heterocycles. The molecule has 0 aliphatic carbocycles. The summed E-state index contributed by atoms with van der Waals surface area (Å²) in [6, 6.07) is 0. The van der Waals surface area contributed by atoms with Gasteiger partial charge in [0.1, 0.15) is 0 Å². The number of hydrogen-bond acceptors (Lipinski definition) is 3. The lowest BCUT2D eigenvalue weighted by molar-refractivity contribution is 0.0926. The van der Waals surface area contributed by atoms with Gasteiger partial charge in [0, 0.05) is 18.7 Å². The Morgan fingerprint density at radius 3 is 2.50 bits per heavy atom. The van der Waals surface area contributed by atoms with Crippen LogP contribution in [0.1, 0.15) is 17.3 Å². The molecule has 0 amide bonds. The highest BCUT2D eigenvalue weighted by Gasteiger charge is 2.06. The maximum absolute atomic E-state index is 11.2. The molecule has 0 aliphatic heterocycles. The monoisotopic (exact) mass is 168 g/mol. The second-order valence-corrected chi connectivity index (χ2v) is 2.44. The van der Waals surface area contributed by atoms with Crippen LogP contribution in [0.2, 0.25) is 0 Å². The zero-order chi connectivity index (χ0) is 9.30. The molecule has 5 nitrogen and oxygen atoms in total. The molecule has 0 saturated carbocycles. The molecule has 0 unspecified atom stereocenters. The SMILES string of the molecule is CC(=O)n1c(=O)[nH]cc(C)c1=O. The van der Waals surface area contributed by atoms with Crippen molar-refractivity contribution >= 4 is 5.91 Å². The lowest BCUT2D eigenvalue weighted by atomic mass is 10.4. The van der Waals surface area contributed by atoms with Gasteiger partial charge < -0.3 is 4.98 Å². The number of nitrogens with one attached hydrogen (secondary N) is 1. The first kappa shape index (κ1) is 8.45. The van der Waals surface area contributed by atoms with Gasteiger partial charge in [-0.05, 0) is 6.92 Å². The van der Waals surface area contributed by atoms with E-state index in [9.17, 15) is 14.4 Å². The Balaban J connectivity index is 3.67. The van der Waals surface area contributed by atoms with Gasteiger partial charge >= 0.3 is 5.69 Å². The maximum Gasteiger partial charge on any atom is 0.335 e. The van der Waals surface area contributed by atoms with Crippen LogP contribution in [0.3, 0.4) is 0 Å². The van der Waals surface area contributed by atoms with Crippen molar-refractivity contribution in [3.63, 3.8) is 0 Å². The third-order valence-corrected chi connectivity index (χ3v) is 1.47. The minimum Gasteiger partial charge on any atom is -0.313 e. The largest absolute Gasteiger partial charge is 0.335 e. The van der Waals surface area contributed by atoms with E-state index in [1.807, 2.05) is 0 Å². The van der Waals surface area contributed by atoms with Crippen molar-refractivity contribution in [2.45, 2.75) is 13.8 Å². The molecule has 0 fully saturated rings. The summed E-state index contributed by atoms with van der Waals surface area (Å²) in [6.07, 6.45) is 1.28. The zero-order valence-electron chi connectivity index (χ0n) is 6.75. The van der Waals surface area contributed by atoms with Crippen LogP contribution in [0.5, 0.6) is 0 Å². The van der Waals surface area contributed by atoms with Crippen LogP contribution in [0.15, 0.2) is 15.8 Å². The van der Waals surface area contributed by atoms with Gasteiger partial charge in [-0.25, -0.2) is 4.79 Å². The average Bonchev–Trinajstić information content (AvgIpc) is 1.97. The van der Waals surface area contributed by atoms with Crippen LogP contribution in [0.4, 0.5) is 0 Å². The van der Waals surface area contributed by atoms with Crippen LogP contribution in [-0.2, 0) is 0 Å². The minimum absolute atomic E-state index is 0.338. The molecule has 0 atom stereocenters. The smallest absolute Gasteiger partial charge is 0.313 e. The summed E-state index contributed by atoms with van der Waals surface area (Å²) in [5, 5.41) is 0. The normalized spacial score (nSPS) is 9.83. The van der Waals surface area contributed by atoms with Crippen LogP contribution in [0, 0.1) is 6.92 Å². The van der Waals surface area contributed by atoms with E-state index in [1.165, 1.54) is 13.1 Å². The van der Waals surface area contributed by atoms with Gasteiger partial charge in [0.05, 0.1) is 0 Å². The van der Waals surface area contributed by atoms with E-state index in [0.29, 0.717) is 10.1 Å². The van der Waals surface area contributed by atoms with Crippen molar-refractivity contribution in [2.24, 2.45) is 0 Å². The molecule has 0 aromatic carbocycles. The molecule has 1 aromatic heterocycles. The topological polar surface area (TPSA) is 71.9 Å². The second-order valence-electron chi connectivity index (χ2n) is 2.44. The first-order valence-corrected chi connectivity index (χ1v) is 3.36. The lowest BCUT2D eigenvalue weighted by Crippen LogP contribution is -2.39. The van der Waals surface area contributed by atoms with E-state index in [-0.39, 0.29) is 0 Å². The van der Waals surface area contributed by atoms with E-state index in [4.69, 9.17) is 0 Å². The molecule has 1 rings (SSSR count). The summed E-state index contributed by atoms with van der Waals surface area (Å²) >= 11 is 0. The molecule has 0 bridgehead atoms. The van der Waals surface area contributed by atoms with E-state index < -0.39 is 17.2 Å². The number of aryl methyl sites for hydroxylation is 1. The summed E-state index contributed by atoms with van der Waals surface area (Å²) in [4.78, 5) is 35.1. The molecule has 1 aromatic rings. The number of carbonyl (C=O) groups excluding carboxylic acids is 1. The number of carbonyl (C=O) groups is 1. The van der Waals surface area contributed by atoms with E-state index in [2.05, 4.69) is 4.98 Å². The van der Waals surface area contributed by atoms with Gasteiger partial charge in [-0.3, -0.25) is 9.59 Å². The van der Waals surface area contributed by atoms with Crippen molar-refractivity contribution in [3.05, 3.63) is 32.6 Å². The number of rotatable bonds is 0. The summed E-state index contributed by atoms with van der Waals surface area (Å²) in [5.74, 6) is -0.579. The average molecular weight is 168 g/mol. The number of aromatic nitrogens is 2. The molecule has 12 heavy (non-hydrogen) atoms. The predicted molar refractivity (Wildman–Crippen MR) is 42.4 cm³/mol. The third kappa shape index (κ3) is 1.20. The molecule has 64 valence electrons. The fourth-order valence-corrected chi connectivity index (χ4v) is 0.851. The summed E-state index contributed by atoms with van der Waals surface area (Å²) in [6.45, 7) is 2.69. The van der Waals surface area contributed by atoms with Gasteiger partial charge in [0.2, 0.25) is 5.91 Å². The number of H-pyrrole nitrogens is 1. The molecule has 0 spiro atoms. The summed E-state index contributed by atoms with van der Waals surface area (Å²) in [7, 11) is 0. The molecule has 0 saturated heterocycles. The maximum atomic E-state index is 11.2. The third-order valence-electron chi connectivity index (χ3n) is 1.47. The van der Waals surface area contributed by atoms with Crippen LogP contribution in [-0.4, -0.2) is 15.5 Å². The number of aromatic amines is 1. The van der Waals surface area contributed by atoms with Crippen LogP contribution >= 0.6 is 0 Å². The highest BCUT2D eigenvalue weighted by molar-refractivity contribution is 5.75. The Morgan fingerprint density at radius 2 is 2.08 bits per heavy atom. The number of nitrogens with zero attached hydrogens (tertiary/aromatic N) is 1. The Hall–Kier alpha value is -1.65. The van der Waals surface area contributed by atoms with Gasteiger partial charge in [0.15, 0.2) is 0 Å². The summed E-state index contributed by atoms with van der Waals surface area (Å²) in [5.41, 5.74) is -0.922. The van der Waals surface area contributed by atoms with Crippen molar-refractivity contribution in [1.82, 2.24) is 9.55 Å². The van der Waals surface area contributed by atoms with Crippen molar-refractivity contribution < 1.29 is 4.79 Å². The van der Waals surface area contributed by atoms with E-state index in [0.717, 1.165) is 6.92 Å². The fourth-order valence-electron chi connectivity index (χ4n) is 0.851. The van der Waals surface area contributed by atoms with Crippen molar-refractivity contribution in [2.75, 3.05) is 0 Å². The van der Waals surface area contributed by atoms with E-state index in [1.54, 1.807) is 0 Å². The molecule has 0 aliphatic rings. The van der Waals surface area contributed by atoms with Gasteiger partial charge in [0.25, 0.3) is 5.56 Å². The first-order chi connectivity index (χ1) is 5.54. The van der Waals surface area contributed by atoms with E-state index >= 15 is 0 Å². The quantitative estimate of drug-likeness (QED) is 0.567. The van der Waals surface area contributed by atoms with Gasteiger partial charge in [-0.1, -0.05) is 0 Å². The van der Waals surface area contributed by atoms with Crippen LogP contribution < -0.4 is 11.2 Å². The highest BCUT2D eigenvalue weighted by atomic mass is 16.2. The predicted octanol–water partition coefficient (Wildman–Crippen LogP) is -0.495. The highest BCUT2D eigenvalue weighted by Crippen LogP contribution is 1.79. The Morgan fingerprint density at radius 1 is 1.50 bits per heavy atom. The molecule has 0 radical (unpaired) electrons. The molecular weight excluding hydrogens is 160 g/mol. The van der Waals surface area contributed by atoms with Crippen molar-refractivity contribution in [3.8, 4) is 0 Å². The fraction of sp³-hybridized carbons (Fsp3) is 0.286. The Bertz CT molecular complexity index is 427. The molecule has 5 heteroatoms. The standard InChI is InChI=1S/C7H8N2O3/c1-4-3-8-7(12)9(5(2)10)6(4)11/h3H,1-2H3,(H,8,12). The first-order valence-electron chi connectivity index (χ1n) is 3.36. The number of hydrogen-bond donors (Lipinski definition) is 1. The molecular formula is C7H8N2O3. The zero-order valence-corrected chi connectivity index (χ0v) is 6.75. The van der Waals surface area contributed by atoms with Crippen LogP contribution in [0.25, 0.3) is 0 Å². The second kappa shape index (κ2) is 2.77. The van der Waals surface area contributed by atoms with Gasteiger partial charge in [-0.15, -0.1) is 0 Å². The lowest BCUT2D eigenvalue weighted by Gasteiger charge is -1.97. The molecule has 1 N–H and O–H groups in total. The van der Waals surface area contributed by atoms with Crippen molar-refractivity contribution in [1.29, 1.82) is 0 Å².